The van der Waals surface area contributed by atoms with Gasteiger partial charge in [-0.05, 0) is 57.3 Å². The molecule has 0 aromatic rings. The fraction of sp³-hybridized carbons (Fsp3) is 0.944. The Hall–Kier alpha value is -0.370. The molecule has 0 N–H and O–H groups in total. The smallest absolute Gasteiger partial charge is 0.139 e. The first-order valence-electron chi connectivity index (χ1n) is 8.90. The molecule has 3 rings (SSSR count). The molecule has 1 aliphatic heterocycles. The fourth-order valence-electron chi connectivity index (χ4n) is 4.83. The van der Waals surface area contributed by atoms with Gasteiger partial charge in [0, 0.05) is 18.4 Å². The number of rotatable bonds is 3. The van der Waals surface area contributed by atoms with Crippen molar-refractivity contribution in [2.75, 3.05) is 6.61 Å². The third kappa shape index (κ3) is 2.95. The minimum absolute atomic E-state index is 0.0964. The number of hydrogen-bond donors (Lipinski definition) is 0. The van der Waals surface area contributed by atoms with Crippen LogP contribution in [-0.2, 0) is 9.53 Å². The van der Waals surface area contributed by atoms with Crippen LogP contribution in [0.15, 0.2) is 0 Å². The molecule has 1 unspecified atom stereocenters. The Morgan fingerprint density at radius 2 is 1.75 bits per heavy atom. The van der Waals surface area contributed by atoms with E-state index in [9.17, 15) is 4.79 Å². The number of ketones is 1. The third-order valence-electron chi connectivity index (χ3n) is 6.24. The molecule has 2 heteroatoms. The first kappa shape index (κ1) is 14.6. The lowest BCUT2D eigenvalue weighted by Crippen LogP contribution is -2.41. The molecule has 114 valence electrons. The number of carbonyl (C=O) groups is 1. The molecule has 20 heavy (non-hydrogen) atoms. The Morgan fingerprint density at radius 1 is 1.05 bits per heavy atom. The molecule has 0 bridgehead atoms. The Labute approximate surface area is 123 Å². The number of Topliss-reactive ketones (excluding diaryl/α,β-unsaturated/α-hetero) is 1. The van der Waals surface area contributed by atoms with Crippen LogP contribution in [0.25, 0.3) is 0 Å². The van der Waals surface area contributed by atoms with E-state index in [2.05, 4.69) is 6.92 Å². The maximum absolute atomic E-state index is 12.8. The molecule has 0 aromatic carbocycles. The lowest BCUT2D eigenvalue weighted by Gasteiger charge is -2.39. The maximum atomic E-state index is 12.8. The summed E-state index contributed by atoms with van der Waals surface area (Å²) in [7, 11) is 0. The van der Waals surface area contributed by atoms with E-state index in [1.54, 1.807) is 0 Å². The second-order valence-electron chi connectivity index (χ2n) is 7.46. The van der Waals surface area contributed by atoms with Gasteiger partial charge in [-0.1, -0.05) is 26.2 Å². The number of carbonyl (C=O) groups excluding carboxylic acids is 1. The topological polar surface area (TPSA) is 26.3 Å². The van der Waals surface area contributed by atoms with Crippen LogP contribution in [0, 0.1) is 17.8 Å². The molecule has 1 heterocycles. The average molecular weight is 278 g/mol. The average Bonchev–Trinajstić information content (AvgIpc) is 2.94. The summed E-state index contributed by atoms with van der Waals surface area (Å²) < 4.78 is 6.08. The van der Waals surface area contributed by atoms with E-state index >= 15 is 0 Å². The van der Waals surface area contributed by atoms with E-state index in [0.717, 1.165) is 38.2 Å². The lowest BCUT2D eigenvalue weighted by atomic mass is 9.73. The van der Waals surface area contributed by atoms with Crippen LogP contribution in [0.1, 0.15) is 77.6 Å². The summed E-state index contributed by atoms with van der Waals surface area (Å²) in [4.78, 5) is 12.8. The van der Waals surface area contributed by atoms with E-state index in [1.165, 1.54) is 44.9 Å². The minimum Gasteiger partial charge on any atom is -0.375 e. The van der Waals surface area contributed by atoms with Crippen molar-refractivity contribution < 1.29 is 9.53 Å². The summed E-state index contributed by atoms with van der Waals surface area (Å²) in [6, 6.07) is 0. The van der Waals surface area contributed by atoms with Crippen LogP contribution in [0.5, 0.6) is 0 Å². The molecular formula is C18H30O2. The molecule has 1 spiro atoms. The van der Waals surface area contributed by atoms with E-state index in [4.69, 9.17) is 4.74 Å². The summed E-state index contributed by atoms with van der Waals surface area (Å²) in [6.07, 6.45) is 13.1. The standard InChI is InChI=1S/C18H30O2/c1-2-14-5-7-15(8-6-14)17(19)16-9-12-20-18(13-16)10-3-4-11-18/h14-16H,2-13H2,1H3. The summed E-state index contributed by atoms with van der Waals surface area (Å²) in [5, 5.41) is 0. The van der Waals surface area contributed by atoms with E-state index in [-0.39, 0.29) is 5.60 Å². The zero-order valence-electron chi connectivity index (χ0n) is 13.0. The van der Waals surface area contributed by atoms with Crippen molar-refractivity contribution in [2.45, 2.75) is 83.2 Å². The Bertz CT molecular complexity index is 335. The van der Waals surface area contributed by atoms with Crippen molar-refractivity contribution in [3.8, 4) is 0 Å². The van der Waals surface area contributed by atoms with Crippen LogP contribution in [0.2, 0.25) is 0 Å². The largest absolute Gasteiger partial charge is 0.375 e. The SMILES string of the molecule is CCC1CCC(C(=O)C2CCOC3(CCCC3)C2)CC1. The summed E-state index contributed by atoms with van der Waals surface area (Å²) in [6.45, 7) is 3.11. The van der Waals surface area contributed by atoms with Crippen molar-refractivity contribution in [2.24, 2.45) is 17.8 Å². The van der Waals surface area contributed by atoms with Gasteiger partial charge in [-0.15, -0.1) is 0 Å². The van der Waals surface area contributed by atoms with Gasteiger partial charge in [0.05, 0.1) is 5.60 Å². The van der Waals surface area contributed by atoms with Crippen molar-refractivity contribution in [3.05, 3.63) is 0 Å². The molecule has 2 saturated carbocycles. The molecule has 0 aromatic heterocycles. The monoisotopic (exact) mass is 278 g/mol. The second-order valence-corrected chi connectivity index (χ2v) is 7.46. The van der Waals surface area contributed by atoms with Gasteiger partial charge in [0.2, 0.25) is 0 Å². The number of hydrogen-bond acceptors (Lipinski definition) is 2. The molecule has 3 aliphatic rings. The normalized spacial score (nSPS) is 37.1. The first-order chi connectivity index (χ1) is 9.72. The van der Waals surface area contributed by atoms with Crippen molar-refractivity contribution in [1.82, 2.24) is 0 Å². The van der Waals surface area contributed by atoms with Crippen molar-refractivity contribution in [3.63, 3.8) is 0 Å². The second kappa shape index (κ2) is 6.17. The van der Waals surface area contributed by atoms with Crippen LogP contribution in [0.4, 0.5) is 0 Å². The highest BCUT2D eigenvalue weighted by atomic mass is 16.5. The molecule has 2 nitrogen and oxygen atoms in total. The van der Waals surface area contributed by atoms with Gasteiger partial charge in [-0.2, -0.15) is 0 Å². The highest BCUT2D eigenvalue weighted by molar-refractivity contribution is 5.83. The van der Waals surface area contributed by atoms with E-state index < -0.39 is 0 Å². The van der Waals surface area contributed by atoms with Crippen molar-refractivity contribution >= 4 is 5.78 Å². The van der Waals surface area contributed by atoms with Gasteiger partial charge in [0.25, 0.3) is 0 Å². The predicted molar refractivity (Wildman–Crippen MR) is 80.6 cm³/mol. The fourth-order valence-corrected chi connectivity index (χ4v) is 4.83. The van der Waals surface area contributed by atoms with Gasteiger partial charge in [-0.25, -0.2) is 0 Å². The first-order valence-corrected chi connectivity index (χ1v) is 8.90. The summed E-state index contributed by atoms with van der Waals surface area (Å²) >= 11 is 0. The van der Waals surface area contributed by atoms with Crippen LogP contribution >= 0.6 is 0 Å². The summed E-state index contributed by atoms with van der Waals surface area (Å²) in [5.74, 6) is 2.16. The molecule has 0 radical (unpaired) electrons. The molecule has 1 saturated heterocycles. The van der Waals surface area contributed by atoms with Gasteiger partial charge >= 0.3 is 0 Å². The van der Waals surface area contributed by atoms with Crippen LogP contribution < -0.4 is 0 Å². The highest BCUT2D eigenvalue weighted by Gasteiger charge is 2.43. The summed E-state index contributed by atoms with van der Waals surface area (Å²) in [5.41, 5.74) is 0.0964. The van der Waals surface area contributed by atoms with E-state index in [0.29, 0.717) is 17.6 Å². The molecule has 2 aliphatic carbocycles. The molecule has 3 fully saturated rings. The van der Waals surface area contributed by atoms with Gasteiger partial charge in [-0.3, -0.25) is 4.79 Å². The highest BCUT2D eigenvalue weighted by Crippen LogP contribution is 2.44. The molecular weight excluding hydrogens is 248 g/mol. The third-order valence-corrected chi connectivity index (χ3v) is 6.24. The van der Waals surface area contributed by atoms with Crippen LogP contribution in [0.3, 0.4) is 0 Å². The zero-order valence-corrected chi connectivity index (χ0v) is 13.0. The van der Waals surface area contributed by atoms with Gasteiger partial charge in [0.15, 0.2) is 0 Å². The zero-order chi connectivity index (χ0) is 14.0. The van der Waals surface area contributed by atoms with Gasteiger partial charge < -0.3 is 4.74 Å². The van der Waals surface area contributed by atoms with Crippen LogP contribution in [-0.4, -0.2) is 18.0 Å². The Morgan fingerprint density at radius 3 is 2.40 bits per heavy atom. The molecule has 1 atom stereocenters. The Balaban J connectivity index is 1.57. The maximum Gasteiger partial charge on any atom is 0.139 e. The molecule has 0 amide bonds. The number of ether oxygens (including phenoxy) is 1. The predicted octanol–water partition coefficient (Wildman–Crippen LogP) is 4.51. The lowest BCUT2D eigenvalue weighted by molar-refractivity contribution is -0.141. The minimum atomic E-state index is 0.0964. The quantitative estimate of drug-likeness (QED) is 0.759. The van der Waals surface area contributed by atoms with E-state index in [1.807, 2.05) is 0 Å². The van der Waals surface area contributed by atoms with Gasteiger partial charge in [0.1, 0.15) is 5.78 Å². The Kier molecular flexibility index (Phi) is 4.49. The van der Waals surface area contributed by atoms with Crippen molar-refractivity contribution in [1.29, 1.82) is 0 Å².